The van der Waals surface area contributed by atoms with Crippen LogP contribution in [-0.2, 0) is 11.2 Å². The topological polar surface area (TPSA) is 34.0 Å². The highest BCUT2D eigenvalue weighted by Crippen LogP contribution is 2.20. The zero-order valence-electron chi connectivity index (χ0n) is 8.10. The molecule has 0 unspecified atom stereocenters. The van der Waals surface area contributed by atoms with Crippen LogP contribution >= 0.6 is 0 Å². The summed E-state index contributed by atoms with van der Waals surface area (Å²) in [6.07, 6.45) is 3.71. The highest BCUT2D eigenvalue weighted by Gasteiger charge is 2.12. The number of allylic oxidation sites excluding steroid dienone is 1. The summed E-state index contributed by atoms with van der Waals surface area (Å²) in [5, 5.41) is 1.16. The van der Waals surface area contributed by atoms with Crippen LogP contribution in [0.15, 0.2) is 42.6 Å². The van der Waals surface area contributed by atoms with Gasteiger partial charge in [0.1, 0.15) is 0 Å². The fourth-order valence-corrected chi connectivity index (χ4v) is 1.94. The fraction of sp³-hybridized carbons (Fsp3) is 0.0833. The van der Waals surface area contributed by atoms with Gasteiger partial charge < -0.3 is 5.43 Å². The molecule has 0 spiro atoms. The van der Waals surface area contributed by atoms with Crippen molar-refractivity contribution in [1.29, 1.82) is 0 Å². The van der Waals surface area contributed by atoms with E-state index in [4.69, 9.17) is 0 Å². The number of nitrogens with one attached hydrogen (secondary N) is 1. The molecular formula is C12H10N2O. The summed E-state index contributed by atoms with van der Waals surface area (Å²) in [6, 6.07) is 10.1. The zero-order chi connectivity index (χ0) is 10.3. The van der Waals surface area contributed by atoms with Crippen LogP contribution in [0.3, 0.4) is 0 Å². The molecule has 0 amide bonds. The fourth-order valence-electron chi connectivity index (χ4n) is 1.94. The van der Waals surface area contributed by atoms with E-state index in [1.165, 1.54) is 0 Å². The molecule has 0 aliphatic carbocycles. The quantitative estimate of drug-likeness (QED) is 0.700. The first kappa shape index (κ1) is 8.29. The van der Waals surface area contributed by atoms with Gasteiger partial charge in [-0.05, 0) is 18.2 Å². The summed E-state index contributed by atoms with van der Waals surface area (Å²) >= 11 is 0. The second-order valence-electron chi connectivity index (χ2n) is 3.64. The Morgan fingerprint density at radius 2 is 2.13 bits per heavy atom. The molecule has 3 heteroatoms. The Kier molecular flexibility index (Phi) is 1.65. The molecule has 0 fully saturated rings. The molecule has 0 radical (unpaired) electrons. The number of carbonyl (C=O) groups is 1. The van der Waals surface area contributed by atoms with E-state index in [9.17, 15) is 4.79 Å². The van der Waals surface area contributed by atoms with Crippen LogP contribution in [0.5, 0.6) is 0 Å². The first-order valence-electron chi connectivity index (χ1n) is 4.90. The van der Waals surface area contributed by atoms with Crippen LogP contribution in [0.25, 0.3) is 10.9 Å². The van der Waals surface area contributed by atoms with Gasteiger partial charge in [-0.2, -0.15) is 0 Å². The zero-order valence-corrected chi connectivity index (χ0v) is 8.10. The van der Waals surface area contributed by atoms with Gasteiger partial charge in [0.25, 0.3) is 0 Å². The van der Waals surface area contributed by atoms with Crippen molar-refractivity contribution in [2.45, 2.75) is 6.42 Å². The SMILES string of the molecule is O=C1C=CNn2c(cc3ccccc32)C1. The molecule has 2 heterocycles. The predicted octanol–water partition coefficient (Wildman–Crippen LogP) is 1.82. The van der Waals surface area contributed by atoms with Crippen molar-refractivity contribution < 1.29 is 4.79 Å². The molecule has 1 aromatic carbocycles. The molecule has 0 bridgehead atoms. The molecule has 1 N–H and O–H groups in total. The van der Waals surface area contributed by atoms with Crippen molar-refractivity contribution in [1.82, 2.24) is 4.68 Å². The molecule has 15 heavy (non-hydrogen) atoms. The lowest BCUT2D eigenvalue weighted by Gasteiger charge is -2.06. The largest absolute Gasteiger partial charge is 0.301 e. The maximum atomic E-state index is 11.4. The third-order valence-corrected chi connectivity index (χ3v) is 2.62. The summed E-state index contributed by atoms with van der Waals surface area (Å²) in [7, 11) is 0. The first-order valence-corrected chi connectivity index (χ1v) is 4.90. The molecule has 2 aromatic rings. The summed E-state index contributed by atoms with van der Waals surface area (Å²) in [4.78, 5) is 11.4. The lowest BCUT2D eigenvalue weighted by molar-refractivity contribution is -0.114. The number of benzene rings is 1. The number of fused-ring (bicyclic) bond motifs is 3. The van der Waals surface area contributed by atoms with Crippen molar-refractivity contribution in [2.75, 3.05) is 5.43 Å². The highest BCUT2D eigenvalue weighted by atomic mass is 16.1. The van der Waals surface area contributed by atoms with Crippen molar-refractivity contribution in [3.63, 3.8) is 0 Å². The number of hydrogen-bond donors (Lipinski definition) is 1. The van der Waals surface area contributed by atoms with Gasteiger partial charge in [0, 0.05) is 17.3 Å². The highest BCUT2D eigenvalue weighted by molar-refractivity contribution is 5.93. The molecule has 0 saturated carbocycles. The van der Waals surface area contributed by atoms with E-state index < -0.39 is 0 Å². The number of aromatic nitrogens is 1. The Hall–Kier alpha value is -2.03. The molecule has 1 aliphatic rings. The minimum absolute atomic E-state index is 0.129. The van der Waals surface area contributed by atoms with Gasteiger partial charge >= 0.3 is 0 Å². The van der Waals surface area contributed by atoms with Crippen molar-refractivity contribution >= 4 is 16.7 Å². The summed E-state index contributed by atoms with van der Waals surface area (Å²) in [6.45, 7) is 0. The number of hydrogen-bond acceptors (Lipinski definition) is 2. The van der Waals surface area contributed by atoms with Crippen molar-refractivity contribution in [3.8, 4) is 0 Å². The molecule has 74 valence electrons. The summed E-state index contributed by atoms with van der Waals surface area (Å²) in [5.74, 6) is 0.129. The Balaban J connectivity index is 2.28. The van der Waals surface area contributed by atoms with Gasteiger partial charge in [0.05, 0.1) is 11.9 Å². The minimum Gasteiger partial charge on any atom is -0.301 e. The van der Waals surface area contributed by atoms with E-state index in [0.717, 1.165) is 16.6 Å². The van der Waals surface area contributed by atoms with E-state index in [1.807, 2.05) is 35.0 Å². The average molecular weight is 198 g/mol. The van der Waals surface area contributed by atoms with Gasteiger partial charge in [-0.15, -0.1) is 0 Å². The average Bonchev–Trinajstić information content (AvgIpc) is 2.46. The molecule has 0 atom stereocenters. The molecule has 3 rings (SSSR count). The first-order chi connectivity index (χ1) is 7.34. The van der Waals surface area contributed by atoms with Crippen LogP contribution in [0.4, 0.5) is 0 Å². The van der Waals surface area contributed by atoms with Crippen LogP contribution in [0.1, 0.15) is 5.69 Å². The lowest BCUT2D eigenvalue weighted by Crippen LogP contribution is -2.09. The van der Waals surface area contributed by atoms with E-state index in [0.29, 0.717) is 6.42 Å². The number of rotatable bonds is 0. The minimum atomic E-state index is 0.129. The normalized spacial score (nSPS) is 14.8. The third-order valence-electron chi connectivity index (χ3n) is 2.62. The van der Waals surface area contributed by atoms with E-state index >= 15 is 0 Å². The molecule has 1 aromatic heterocycles. The Labute approximate surface area is 87.0 Å². The Morgan fingerprint density at radius 3 is 3.07 bits per heavy atom. The number of para-hydroxylation sites is 1. The smallest absolute Gasteiger partial charge is 0.163 e. The number of nitrogens with zero attached hydrogens (tertiary/aromatic N) is 1. The van der Waals surface area contributed by atoms with Crippen LogP contribution in [-0.4, -0.2) is 10.5 Å². The Morgan fingerprint density at radius 1 is 1.27 bits per heavy atom. The van der Waals surface area contributed by atoms with Gasteiger partial charge in [0.15, 0.2) is 5.78 Å². The predicted molar refractivity (Wildman–Crippen MR) is 59.1 cm³/mol. The van der Waals surface area contributed by atoms with Crippen LogP contribution in [0, 0.1) is 0 Å². The third kappa shape index (κ3) is 1.24. The summed E-state index contributed by atoms with van der Waals surface area (Å²) < 4.78 is 1.96. The number of carbonyl (C=O) groups excluding carboxylic acids is 1. The van der Waals surface area contributed by atoms with Gasteiger partial charge in [-0.25, -0.2) is 0 Å². The van der Waals surface area contributed by atoms with Gasteiger partial charge in [-0.3, -0.25) is 9.47 Å². The van der Waals surface area contributed by atoms with Gasteiger partial charge in [0.2, 0.25) is 0 Å². The molecule has 1 aliphatic heterocycles. The van der Waals surface area contributed by atoms with Crippen LogP contribution in [0.2, 0.25) is 0 Å². The van der Waals surface area contributed by atoms with Gasteiger partial charge in [-0.1, -0.05) is 18.2 Å². The molecule has 0 saturated heterocycles. The second kappa shape index (κ2) is 2.98. The van der Waals surface area contributed by atoms with Crippen molar-refractivity contribution in [3.05, 3.63) is 48.3 Å². The summed E-state index contributed by atoms with van der Waals surface area (Å²) in [5.41, 5.74) is 5.20. The molecular weight excluding hydrogens is 188 g/mol. The van der Waals surface area contributed by atoms with E-state index in [1.54, 1.807) is 12.3 Å². The Bertz CT molecular complexity index is 566. The lowest BCUT2D eigenvalue weighted by atomic mass is 10.2. The number of ketones is 1. The van der Waals surface area contributed by atoms with E-state index in [-0.39, 0.29) is 5.78 Å². The molecule has 3 nitrogen and oxygen atoms in total. The van der Waals surface area contributed by atoms with E-state index in [2.05, 4.69) is 5.43 Å². The van der Waals surface area contributed by atoms with Crippen molar-refractivity contribution in [2.24, 2.45) is 0 Å². The maximum Gasteiger partial charge on any atom is 0.163 e. The monoisotopic (exact) mass is 198 g/mol. The standard InChI is InChI=1S/C12H10N2O/c15-11-5-6-13-14-10(8-11)7-9-3-1-2-4-12(9)14/h1-7,13H,8H2. The van der Waals surface area contributed by atoms with Crippen LogP contribution < -0.4 is 5.43 Å². The maximum absolute atomic E-state index is 11.4. The second-order valence-corrected chi connectivity index (χ2v) is 3.64.